The number of hydrogen-bond donors (Lipinski definition) is 0. The van der Waals surface area contributed by atoms with E-state index in [0.29, 0.717) is 5.56 Å². The van der Waals surface area contributed by atoms with E-state index < -0.39 is 0 Å². The second kappa shape index (κ2) is 3.62. The molecule has 69 valence electrons. The van der Waals surface area contributed by atoms with E-state index in [1.165, 1.54) is 6.07 Å². The van der Waals surface area contributed by atoms with Gasteiger partial charge in [-0.05, 0) is 30.2 Å². The molecule has 0 nitrogen and oxygen atoms in total. The van der Waals surface area contributed by atoms with Crippen LogP contribution in [0, 0.1) is 18.8 Å². The molecule has 14 heavy (non-hydrogen) atoms. The van der Waals surface area contributed by atoms with Crippen LogP contribution in [0.4, 0.5) is 4.39 Å². The summed E-state index contributed by atoms with van der Waals surface area (Å²) in [4.78, 5) is 0. The van der Waals surface area contributed by atoms with E-state index in [9.17, 15) is 4.39 Å². The highest BCUT2D eigenvalue weighted by molar-refractivity contribution is 5.64. The summed E-state index contributed by atoms with van der Waals surface area (Å²) < 4.78 is 13.4. The SMILES string of the molecule is Cc1[c]ccc(-c2ccccc2F)c1. The van der Waals surface area contributed by atoms with Crippen molar-refractivity contribution in [3.05, 3.63) is 59.9 Å². The van der Waals surface area contributed by atoms with Crippen molar-refractivity contribution in [1.82, 2.24) is 0 Å². The maximum absolute atomic E-state index is 13.4. The van der Waals surface area contributed by atoms with E-state index in [4.69, 9.17) is 0 Å². The standard InChI is InChI=1S/C13H10F/c1-10-5-4-6-11(9-10)12-7-2-3-8-13(12)14/h2-4,6-9H,1H3. The van der Waals surface area contributed by atoms with Crippen LogP contribution in [0.25, 0.3) is 11.1 Å². The monoisotopic (exact) mass is 185 g/mol. The second-order valence-corrected chi connectivity index (χ2v) is 3.24. The summed E-state index contributed by atoms with van der Waals surface area (Å²) in [6, 6.07) is 15.4. The predicted octanol–water partition coefficient (Wildman–Crippen LogP) is 3.60. The van der Waals surface area contributed by atoms with Crippen molar-refractivity contribution >= 4 is 0 Å². The Kier molecular flexibility index (Phi) is 2.32. The summed E-state index contributed by atoms with van der Waals surface area (Å²) in [7, 11) is 0. The molecule has 0 aromatic heterocycles. The molecule has 0 fully saturated rings. The zero-order chi connectivity index (χ0) is 9.97. The number of aryl methyl sites for hydroxylation is 1. The third kappa shape index (κ3) is 1.67. The van der Waals surface area contributed by atoms with Crippen LogP contribution in [0.2, 0.25) is 0 Å². The van der Waals surface area contributed by atoms with Gasteiger partial charge in [-0.25, -0.2) is 4.39 Å². The van der Waals surface area contributed by atoms with E-state index in [2.05, 4.69) is 6.07 Å². The fraction of sp³-hybridized carbons (Fsp3) is 0.0769. The van der Waals surface area contributed by atoms with Gasteiger partial charge >= 0.3 is 0 Å². The number of halogens is 1. The Morgan fingerprint density at radius 1 is 1.14 bits per heavy atom. The molecular weight excluding hydrogens is 175 g/mol. The lowest BCUT2D eigenvalue weighted by Gasteiger charge is -2.03. The van der Waals surface area contributed by atoms with Gasteiger partial charge in [0.25, 0.3) is 0 Å². The smallest absolute Gasteiger partial charge is 0.131 e. The van der Waals surface area contributed by atoms with Gasteiger partial charge in [-0.15, -0.1) is 0 Å². The van der Waals surface area contributed by atoms with Crippen LogP contribution in [0.15, 0.2) is 42.5 Å². The zero-order valence-corrected chi connectivity index (χ0v) is 7.92. The van der Waals surface area contributed by atoms with Gasteiger partial charge in [0, 0.05) is 5.56 Å². The molecule has 2 rings (SSSR count). The third-order valence-electron chi connectivity index (χ3n) is 2.13. The van der Waals surface area contributed by atoms with E-state index in [-0.39, 0.29) is 5.82 Å². The Morgan fingerprint density at radius 3 is 2.64 bits per heavy atom. The molecule has 0 atom stereocenters. The van der Waals surface area contributed by atoms with Crippen molar-refractivity contribution < 1.29 is 4.39 Å². The van der Waals surface area contributed by atoms with Crippen LogP contribution < -0.4 is 0 Å². The van der Waals surface area contributed by atoms with E-state index in [0.717, 1.165) is 11.1 Å². The van der Waals surface area contributed by atoms with Crippen LogP contribution in [0.1, 0.15) is 5.56 Å². The van der Waals surface area contributed by atoms with Crippen LogP contribution >= 0.6 is 0 Å². The van der Waals surface area contributed by atoms with Crippen molar-refractivity contribution in [2.24, 2.45) is 0 Å². The summed E-state index contributed by atoms with van der Waals surface area (Å²) in [6.07, 6.45) is 0. The topological polar surface area (TPSA) is 0 Å². The van der Waals surface area contributed by atoms with Crippen LogP contribution in [-0.2, 0) is 0 Å². The van der Waals surface area contributed by atoms with Gasteiger partial charge in [0.05, 0.1) is 0 Å². The summed E-state index contributed by atoms with van der Waals surface area (Å²) in [5.41, 5.74) is 2.56. The van der Waals surface area contributed by atoms with Crippen LogP contribution in [-0.4, -0.2) is 0 Å². The second-order valence-electron chi connectivity index (χ2n) is 3.24. The summed E-state index contributed by atoms with van der Waals surface area (Å²) in [5, 5.41) is 0. The Labute approximate surface area is 83.0 Å². The molecule has 2 aromatic carbocycles. The largest absolute Gasteiger partial charge is 0.206 e. The fourth-order valence-corrected chi connectivity index (χ4v) is 1.45. The van der Waals surface area contributed by atoms with Crippen molar-refractivity contribution in [1.29, 1.82) is 0 Å². The molecule has 0 bridgehead atoms. The van der Waals surface area contributed by atoms with Gasteiger partial charge in [-0.1, -0.05) is 36.4 Å². The van der Waals surface area contributed by atoms with Gasteiger partial charge in [0.2, 0.25) is 0 Å². The van der Waals surface area contributed by atoms with Crippen molar-refractivity contribution in [3.8, 4) is 11.1 Å². The Hall–Kier alpha value is -1.63. The molecule has 0 heterocycles. The highest BCUT2D eigenvalue weighted by atomic mass is 19.1. The molecule has 0 N–H and O–H groups in total. The average Bonchev–Trinajstić information content (AvgIpc) is 2.18. The first-order valence-electron chi connectivity index (χ1n) is 4.50. The summed E-state index contributed by atoms with van der Waals surface area (Å²) in [6.45, 7) is 1.95. The van der Waals surface area contributed by atoms with Crippen molar-refractivity contribution in [3.63, 3.8) is 0 Å². The first-order chi connectivity index (χ1) is 6.77. The maximum Gasteiger partial charge on any atom is 0.131 e. The maximum atomic E-state index is 13.4. The Balaban J connectivity index is 2.55. The first-order valence-corrected chi connectivity index (χ1v) is 4.50. The van der Waals surface area contributed by atoms with Gasteiger partial charge < -0.3 is 0 Å². The molecule has 2 aromatic rings. The normalized spacial score (nSPS) is 10.1. The van der Waals surface area contributed by atoms with Crippen molar-refractivity contribution in [2.75, 3.05) is 0 Å². The third-order valence-corrected chi connectivity index (χ3v) is 2.13. The van der Waals surface area contributed by atoms with Gasteiger partial charge in [0.15, 0.2) is 0 Å². The van der Waals surface area contributed by atoms with E-state index in [1.807, 2.05) is 31.2 Å². The van der Waals surface area contributed by atoms with Gasteiger partial charge in [0.1, 0.15) is 5.82 Å². The quantitative estimate of drug-likeness (QED) is 0.636. The molecule has 1 radical (unpaired) electrons. The minimum atomic E-state index is -0.182. The average molecular weight is 185 g/mol. The van der Waals surface area contributed by atoms with Crippen LogP contribution in [0.5, 0.6) is 0 Å². The van der Waals surface area contributed by atoms with E-state index in [1.54, 1.807) is 12.1 Å². The number of hydrogen-bond acceptors (Lipinski definition) is 0. The minimum absolute atomic E-state index is 0.182. The lowest BCUT2D eigenvalue weighted by molar-refractivity contribution is 0.631. The molecule has 0 unspecified atom stereocenters. The first kappa shape index (κ1) is 8.95. The van der Waals surface area contributed by atoms with E-state index >= 15 is 0 Å². The van der Waals surface area contributed by atoms with Crippen LogP contribution in [0.3, 0.4) is 0 Å². The lowest BCUT2D eigenvalue weighted by Crippen LogP contribution is -1.83. The van der Waals surface area contributed by atoms with Gasteiger partial charge in [-0.3, -0.25) is 0 Å². The summed E-state index contributed by atoms with van der Waals surface area (Å²) in [5.74, 6) is -0.182. The fourth-order valence-electron chi connectivity index (χ4n) is 1.45. The number of rotatable bonds is 1. The number of benzene rings is 2. The molecule has 0 amide bonds. The molecule has 0 spiro atoms. The molecule has 0 aliphatic carbocycles. The zero-order valence-electron chi connectivity index (χ0n) is 7.92. The molecule has 0 aliphatic rings. The Morgan fingerprint density at radius 2 is 1.93 bits per heavy atom. The Bertz CT molecular complexity index is 446. The molecule has 0 saturated heterocycles. The lowest BCUT2D eigenvalue weighted by atomic mass is 10.0. The molecule has 0 aliphatic heterocycles. The molecule has 0 saturated carbocycles. The highest BCUT2D eigenvalue weighted by Crippen LogP contribution is 2.22. The van der Waals surface area contributed by atoms with Gasteiger partial charge in [-0.2, -0.15) is 0 Å². The molecular formula is C13H10F. The minimum Gasteiger partial charge on any atom is -0.206 e. The highest BCUT2D eigenvalue weighted by Gasteiger charge is 2.02. The summed E-state index contributed by atoms with van der Waals surface area (Å²) >= 11 is 0. The molecule has 1 heteroatoms. The predicted molar refractivity (Wildman–Crippen MR) is 55.4 cm³/mol. The van der Waals surface area contributed by atoms with Crippen molar-refractivity contribution in [2.45, 2.75) is 6.92 Å².